The zero-order valence-corrected chi connectivity index (χ0v) is 19.9. The van der Waals surface area contributed by atoms with Gasteiger partial charge < -0.3 is 15.5 Å². The quantitative estimate of drug-likeness (QED) is 0.546. The van der Waals surface area contributed by atoms with Crippen LogP contribution in [0.5, 0.6) is 0 Å². The number of nitrogens with one attached hydrogen (secondary N) is 2. The first-order valence-electron chi connectivity index (χ1n) is 11.0. The highest BCUT2D eigenvalue weighted by atomic mass is 32.2. The second-order valence-corrected chi connectivity index (χ2v) is 10.1. The molecule has 35 heavy (non-hydrogen) atoms. The van der Waals surface area contributed by atoms with Crippen LogP contribution in [0.25, 0.3) is 0 Å². The minimum absolute atomic E-state index is 0.112. The molecule has 8 nitrogen and oxygen atoms in total. The number of carbonyl (C=O) groups is 1. The molecule has 0 aliphatic carbocycles. The predicted octanol–water partition coefficient (Wildman–Crippen LogP) is 4.21. The van der Waals surface area contributed by atoms with Gasteiger partial charge in [-0.15, -0.1) is 0 Å². The SMILES string of the molecule is Cc1ccc(S(=O)(=O)N2CCCN(c3ccc(NC(=O)Nc4ccc(F)c(F)c4)cn3)CC2)cc1. The van der Waals surface area contributed by atoms with Crippen LogP contribution < -0.4 is 15.5 Å². The lowest BCUT2D eigenvalue weighted by molar-refractivity contribution is 0.262. The molecule has 1 fully saturated rings. The Kier molecular flexibility index (Phi) is 7.27. The summed E-state index contributed by atoms with van der Waals surface area (Å²) < 4.78 is 53.8. The van der Waals surface area contributed by atoms with Crippen molar-refractivity contribution in [3.05, 3.63) is 78.0 Å². The molecule has 0 unspecified atom stereocenters. The Hall–Kier alpha value is -3.57. The van der Waals surface area contributed by atoms with E-state index in [1.54, 1.807) is 36.4 Å². The Morgan fingerprint density at radius 1 is 0.886 bits per heavy atom. The molecular formula is C24H25F2N5O3S. The number of urea groups is 1. The first-order valence-corrected chi connectivity index (χ1v) is 12.5. The summed E-state index contributed by atoms with van der Waals surface area (Å²) in [5.41, 5.74) is 1.52. The molecule has 2 N–H and O–H groups in total. The average molecular weight is 502 g/mol. The van der Waals surface area contributed by atoms with Crippen molar-refractivity contribution in [2.45, 2.75) is 18.2 Å². The maximum Gasteiger partial charge on any atom is 0.323 e. The van der Waals surface area contributed by atoms with E-state index in [0.717, 1.165) is 17.7 Å². The number of halogens is 2. The number of amides is 2. The zero-order valence-electron chi connectivity index (χ0n) is 19.0. The van der Waals surface area contributed by atoms with Crippen LogP contribution in [-0.4, -0.2) is 49.9 Å². The first-order chi connectivity index (χ1) is 16.7. The van der Waals surface area contributed by atoms with E-state index in [1.807, 2.05) is 11.8 Å². The van der Waals surface area contributed by atoms with E-state index >= 15 is 0 Å². The average Bonchev–Trinajstić information content (AvgIpc) is 3.09. The van der Waals surface area contributed by atoms with Crippen LogP contribution in [0.3, 0.4) is 0 Å². The number of anilines is 3. The van der Waals surface area contributed by atoms with Crippen molar-refractivity contribution in [2.24, 2.45) is 0 Å². The lowest BCUT2D eigenvalue weighted by Crippen LogP contribution is -2.35. The largest absolute Gasteiger partial charge is 0.355 e. The van der Waals surface area contributed by atoms with E-state index in [2.05, 4.69) is 15.6 Å². The number of rotatable bonds is 5. The first kappa shape index (κ1) is 24.6. The van der Waals surface area contributed by atoms with Gasteiger partial charge in [-0.3, -0.25) is 0 Å². The second-order valence-electron chi connectivity index (χ2n) is 8.17. The second kappa shape index (κ2) is 10.4. The fraction of sp³-hybridized carbons (Fsp3) is 0.250. The van der Waals surface area contributed by atoms with Gasteiger partial charge >= 0.3 is 6.03 Å². The van der Waals surface area contributed by atoms with Gasteiger partial charge in [0.2, 0.25) is 10.0 Å². The van der Waals surface area contributed by atoms with Crippen molar-refractivity contribution in [1.29, 1.82) is 0 Å². The number of sulfonamides is 1. The number of pyridine rings is 1. The molecule has 0 spiro atoms. The van der Waals surface area contributed by atoms with Gasteiger partial charge in [0.05, 0.1) is 16.8 Å². The topological polar surface area (TPSA) is 94.6 Å². The summed E-state index contributed by atoms with van der Waals surface area (Å²) in [5.74, 6) is -1.40. The van der Waals surface area contributed by atoms with Crippen molar-refractivity contribution >= 4 is 33.2 Å². The molecule has 1 aliphatic rings. The standard InChI is InChI=1S/C24H25F2N5O3S/c1-17-3-7-20(8-4-17)35(33,34)31-12-2-11-30(13-14-31)23-10-6-19(16-27-23)29-24(32)28-18-5-9-21(25)22(26)15-18/h3-10,15-16H,2,11-14H2,1H3,(H2,28,29,32). The van der Waals surface area contributed by atoms with Crippen LogP contribution in [0.15, 0.2) is 65.7 Å². The van der Waals surface area contributed by atoms with Crippen LogP contribution in [0.4, 0.5) is 30.8 Å². The monoisotopic (exact) mass is 501 g/mol. The number of hydrogen-bond donors (Lipinski definition) is 2. The Labute approximate surface area is 202 Å². The van der Waals surface area contributed by atoms with Gasteiger partial charge in [0.1, 0.15) is 5.82 Å². The minimum atomic E-state index is -3.57. The Morgan fingerprint density at radius 2 is 1.60 bits per heavy atom. The predicted molar refractivity (Wildman–Crippen MR) is 130 cm³/mol. The van der Waals surface area contributed by atoms with E-state index in [1.165, 1.54) is 16.6 Å². The van der Waals surface area contributed by atoms with Gasteiger partial charge in [-0.1, -0.05) is 17.7 Å². The number of aromatic nitrogens is 1. The Bertz CT molecular complexity index is 1300. The third-order valence-electron chi connectivity index (χ3n) is 5.62. The maximum atomic E-state index is 13.3. The summed E-state index contributed by atoms with van der Waals surface area (Å²) in [7, 11) is -3.57. The van der Waals surface area contributed by atoms with Crippen molar-refractivity contribution in [3.63, 3.8) is 0 Å². The van der Waals surface area contributed by atoms with Crippen LogP contribution in [-0.2, 0) is 10.0 Å². The smallest absolute Gasteiger partial charge is 0.323 e. The fourth-order valence-corrected chi connectivity index (χ4v) is 5.21. The van der Waals surface area contributed by atoms with Gasteiger partial charge in [0.15, 0.2) is 11.6 Å². The molecule has 0 radical (unpaired) electrons. The van der Waals surface area contributed by atoms with Gasteiger partial charge in [0, 0.05) is 37.9 Å². The number of hydrogen-bond acceptors (Lipinski definition) is 5. The highest BCUT2D eigenvalue weighted by molar-refractivity contribution is 7.89. The minimum Gasteiger partial charge on any atom is -0.355 e. The van der Waals surface area contributed by atoms with Crippen molar-refractivity contribution in [3.8, 4) is 0 Å². The molecule has 1 aromatic heterocycles. The van der Waals surface area contributed by atoms with E-state index in [4.69, 9.17) is 0 Å². The molecule has 184 valence electrons. The summed E-state index contributed by atoms with van der Waals surface area (Å²) in [6, 6.07) is 12.7. The Balaban J connectivity index is 1.35. The van der Waals surface area contributed by atoms with E-state index < -0.39 is 27.7 Å². The summed E-state index contributed by atoms with van der Waals surface area (Å²) in [5, 5.41) is 5.00. The summed E-state index contributed by atoms with van der Waals surface area (Å²) >= 11 is 0. The molecule has 1 aliphatic heterocycles. The lowest BCUT2D eigenvalue weighted by Gasteiger charge is -2.23. The molecule has 2 heterocycles. The Morgan fingerprint density at radius 3 is 2.29 bits per heavy atom. The molecule has 0 atom stereocenters. The highest BCUT2D eigenvalue weighted by Gasteiger charge is 2.27. The van der Waals surface area contributed by atoms with Crippen LogP contribution >= 0.6 is 0 Å². The zero-order chi connectivity index (χ0) is 25.0. The molecule has 3 aromatic rings. The van der Waals surface area contributed by atoms with E-state index in [-0.39, 0.29) is 10.6 Å². The number of nitrogens with zero attached hydrogens (tertiary/aromatic N) is 3. The summed E-state index contributed by atoms with van der Waals surface area (Å²) in [6.45, 7) is 3.76. The highest BCUT2D eigenvalue weighted by Crippen LogP contribution is 2.21. The van der Waals surface area contributed by atoms with Crippen LogP contribution in [0.1, 0.15) is 12.0 Å². The van der Waals surface area contributed by atoms with Gasteiger partial charge in [-0.05, 0) is 49.7 Å². The van der Waals surface area contributed by atoms with Crippen LogP contribution in [0, 0.1) is 18.6 Å². The molecule has 11 heteroatoms. The van der Waals surface area contributed by atoms with Crippen molar-refractivity contribution in [2.75, 3.05) is 41.7 Å². The molecular weight excluding hydrogens is 476 g/mol. The van der Waals surface area contributed by atoms with Gasteiger partial charge in [0.25, 0.3) is 0 Å². The lowest BCUT2D eigenvalue weighted by atomic mass is 10.2. The summed E-state index contributed by atoms with van der Waals surface area (Å²) in [4.78, 5) is 18.8. The van der Waals surface area contributed by atoms with Gasteiger partial charge in [-0.25, -0.2) is 27.0 Å². The number of benzene rings is 2. The van der Waals surface area contributed by atoms with Crippen molar-refractivity contribution < 1.29 is 22.0 Å². The molecule has 4 rings (SSSR count). The molecule has 0 bridgehead atoms. The summed E-state index contributed by atoms with van der Waals surface area (Å²) in [6.07, 6.45) is 2.12. The van der Waals surface area contributed by atoms with E-state index in [9.17, 15) is 22.0 Å². The van der Waals surface area contributed by atoms with Crippen LogP contribution in [0.2, 0.25) is 0 Å². The number of carbonyl (C=O) groups excluding carboxylic acids is 1. The molecule has 0 saturated carbocycles. The van der Waals surface area contributed by atoms with Crippen molar-refractivity contribution in [1.82, 2.24) is 9.29 Å². The molecule has 2 amide bonds. The van der Waals surface area contributed by atoms with E-state index in [0.29, 0.717) is 44.1 Å². The molecule has 2 aromatic carbocycles. The maximum absolute atomic E-state index is 13.3. The normalized spacial score (nSPS) is 14.9. The molecule has 1 saturated heterocycles. The third-order valence-corrected chi connectivity index (χ3v) is 7.53. The van der Waals surface area contributed by atoms with Gasteiger partial charge in [-0.2, -0.15) is 4.31 Å². The third kappa shape index (κ3) is 5.92. The fourth-order valence-electron chi connectivity index (χ4n) is 3.74. The number of aryl methyl sites for hydroxylation is 1.